The van der Waals surface area contributed by atoms with Crippen molar-refractivity contribution in [2.24, 2.45) is 11.8 Å². The Morgan fingerprint density at radius 2 is 2.14 bits per heavy atom. The van der Waals surface area contributed by atoms with E-state index in [1.807, 2.05) is 37.3 Å². The summed E-state index contributed by atoms with van der Waals surface area (Å²) in [5.41, 5.74) is 2.25. The van der Waals surface area contributed by atoms with Gasteiger partial charge < -0.3 is 19.4 Å². The van der Waals surface area contributed by atoms with Gasteiger partial charge in [-0.05, 0) is 39.7 Å². The molecule has 28 heavy (non-hydrogen) atoms. The zero-order valence-corrected chi connectivity index (χ0v) is 17.0. The Hall–Kier alpha value is -2.12. The van der Waals surface area contributed by atoms with Crippen molar-refractivity contribution >= 4 is 38.7 Å². The van der Waals surface area contributed by atoms with E-state index in [1.54, 1.807) is 4.90 Å². The molecule has 7 heteroatoms. The number of esters is 1. The van der Waals surface area contributed by atoms with E-state index in [0.717, 1.165) is 22.2 Å². The maximum atomic E-state index is 13.6. The molecule has 1 aromatic carbocycles. The number of H-pyrrole nitrogens is 1. The number of alkyl halides is 1. The van der Waals surface area contributed by atoms with Crippen molar-refractivity contribution in [2.45, 2.75) is 35.5 Å². The SMILES string of the molecule is COC(=O)[C@@H]1Cc2c([nH]c3ccccc23)[C@@H]2N1C(=O)[C@@H]1[C@@H](C)[C@@]3(Br)C=C[C@]12O3. The molecule has 4 aliphatic rings. The highest BCUT2D eigenvalue weighted by molar-refractivity contribution is 9.10. The van der Waals surface area contributed by atoms with Gasteiger partial charge in [0.15, 0.2) is 0 Å². The molecule has 144 valence electrons. The molecule has 0 unspecified atom stereocenters. The number of fused-ring (bicyclic) bond motifs is 6. The first-order chi connectivity index (χ1) is 13.4. The van der Waals surface area contributed by atoms with Crippen LogP contribution >= 0.6 is 15.9 Å². The minimum absolute atomic E-state index is 0.0390. The zero-order valence-electron chi connectivity index (χ0n) is 15.4. The molecule has 2 bridgehead atoms. The Kier molecular flexibility index (Phi) is 3.04. The van der Waals surface area contributed by atoms with E-state index in [-0.39, 0.29) is 29.8 Å². The smallest absolute Gasteiger partial charge is 0.328 e. The number of halogens is 1. The number of hydrogen-bond acceptors (Lipinski definition) is 4. The van der Waals surface area contributed by atoms with Gasteiger partial charge in [0.05, 0.1) is 13.0 Å². The maximum absolute atomic E-state index is 13.6. The van der Waals surface area contributed by atoms with Crippen LogP contribution in [-0.4, -0.2) is 45.0 Å². The van der Waals surface area contributed by atoms with Crippen LogP contribution < -0.4 is 0 Å². The van der Waals surface area contributed by atoms with Crippen LogP contribution in [0, 0.1) is 11.8 Å². The molecule has 1 amide bonds. The largest absolute Gasteiger partial charge is 0.467 e. The van der Waals surface area contributed by atoms with Gasteiger partial charge in [0.2, 0.25) is 5.91 Å². The van der Waals surface area contributed by atoms with Crippen LogP contribution in [0.1, 0.15) is 24.2 Å². The number of carbonyl (C=O) groups excluding carboxylic acids is 2. The standard InChI is InChI=1S/C21H19BrN2O4/c1-10-15-18(25)24-14(19(26)27-2)9-12-11-5-3-4-6-13(11)23-16(12)17(24)20(15)7-8-21(10,22)28-20/h3-8,10,14-15,17,23H,9H2,1-2H3/t10-,14+,15+,17+,20+,21-/m1/s1. The van der Waals surface area contributed by atoms with E-state index in [4.69, 9.17) is 9.47 Å². The summed E-state index contributed by atoms with van der Waals surface area (Å²) in [6, 6.07) is 7.01. The van der Waals surface area contributed by atoms with Gasteiger partial charge in [0.25, 0.3) is 0 Å². The molecule has 4 aliphatic heterocycles. The van der Waals surface area contributed by atoms with Crippen LogP contribution in [0.4, 0.5) is 0 Å². The normalized spacial score (nSPS) is 40.0. The minimum atomic E-state index is -0.789. The topological polar surface area (TPSA) is 71.6 Å². The summed E-state index contributed by atoms with van der Waals surface area (Å²) in [5.74, 6) is -0.804. The minimum Gasteiger partial charge on any atom is -0.467 e. The predicted octanol–water partition coefficient (Wildman–Crippen LogP) is 2.83. The third-order valence-corrected chi connectivity index (χ3v) is 8.21. The van der Waals surface area contributed by atoms with Gasteiger partial charge in [-0.3, -0.25) is 4.79 Å². The number of nitrogens with zero attached hydrogens (tertiary/aromatic N) is 1. The molecule has 2 aromatic rings. The summed E-state index contributed by atoms with van der Waals surface area (Å²) in [6.07, 6.45) is 4.47. The van der Waals surface area contributed by atoms with Crippen molar-refractivity contribution in [2.75, 3.05) is 7.11 Å². The van der Waals surface area contributed by atoms with Crippen molar-refractivity contribution in [3.8, 4) is 0 Å². The first kappa shape index (κ1) is 16.8. The average Bonchev–Trinajstić information content (AvgIpc) is 3.37. The Bertz CT molecular complexity index is 1090. The second-order valence-corrected chi connectivity index (χ2v) is 9.45. The lowest BCUT2D eigenvalue weighted by atomic mass is 9.74. The van der Waals surface area contributed by atoms with Gasteiger partial charge in [0.1, 0.15) is 22.2 Å². The first-order valence-corrected chi connectivity index (χ1v) is 10.3. The number of hydrogen-bond donors (Lipinski definition) is 1. The highest BCUT2D eigenvalue weighted by atomic mass is 79.9. The van der Waals surface area contributed by atoms with Crippen molar-refractivity contribution in [3.63, 3.8) is 0 Å². The van der Waals surface area contributed by atoms with Crippen LogP contribution in [0.25, 0.3) is 10.9 Å². The first-order valence-electron chi connectivity index (χ1n) is 9.50. The quantitative estimate of drug-likeness (QED) is 0.418. The zero-order chi connectivity index (χ0) is 19.4. The Morgan fingerprint density at radius 3 is 2.93 bits per heavy atom. The summed E-state index contributed by atoms with van der Waals surface area (Å²) < 4.78 is 11.0. The number of ether oxygens (including phenoxy) is 2. The summed E-state index contributed by atoms with van der Waals surface area (Å²) in [5, 5.41) is 1.08. The molecule has 0 radical (unpaired) electrons. The van der Waals surface area contributed by atoms with Crippen LogP contribution in [0.5, 0.6) is 0 Å². The number of methoxy groups -OCH3 is 1. The van der Waals surface area contributed by atoms with Crippen LogP contribution in [0.3, 0.4) is 0 Å². The molecule has 6 atom stereocenters. The van der Waals surface area contributed by atoms with Crippen molar-refractivity contribution in [1.29, 1.82) is 0 Å². The number of para-hydroxylation sites is 1. The number of nitrogens with one attached hydrogen (secondary N) is 1. The molecule has 0 aliphatic carbocycles. The van der Waals surface area contributed by atoms with E-state index in [1.165, 1.54) is 7.11 Å². The maximum Gasteiger partial charge on any atom is 0.328 e. The second kappa shape index (κ2) is 5.07. The van der Waals surface area contributed by atoms with E-state index < -0.39 is 16.2 Å². The third kappa shape index (κ3) is 1.69. The number of benzene rings is 1. The third-order valence-electron chi connectivity index (χ3n) is 7.06. The molecule has 6 nitrogen and oxygen atoms in total. The summed E-state index contributed by atoms with van der Waals surface area (Å²) in [4.78, 5) is 31.5. The lowest BCUT2D eigenvalue weighted by molar-refractivity contribution is -0.155. The number of amides is 1. The Morgan fingerprint density at radius 1 is 1.36 bits per heavy atom. The van der Waals surface area contributed by atoms with Crippen LogP contribution in [-0.2, 0) is 25.5 Å². The molecule has 6 rings (SSSR count). The van der Waals surface area contributed by atoms with E-state index in [0.29, 0.717) is 6.42 Å². The van der Waals surface area contributed by atoms with Crippen molar-refractivity contribution < 1.29 is 19.1 Å². The highest BCUT2D eigenvalue weighted by Gasteiger charge is 2.75. The lowest BCUT2D eigenvalue weighted by Crippen LogP contribution is -2.51. The summed E-state index contributed by atoms with van der Waals surface area (Å²) in [7, 11) is 1.37. The van der Waals surface area contributed by atoms with Gasteiger partial charge in [-0.15, -0.1) is 0 Å². The molecular formula is C21H19BrN2O4. The molecule has 1 aromatic heterocycles. The molecule has 1 spiro atoms. The number of carbonyl (C=O) groups is 2. The highest BCUT2D eigenvalue weighted by Crippen LogP contribution is 2.66. The molecule has 0 saturated carbocycles. The molecule has 1 N–H and O–H groups in total. The van der Waals surface area contributed by atoms with E-state index >= 15 is 0 Å². The fourth-order valence-corrected chi connectivity index (χ4v) is 6.52. The monoisotopic (exact) mass is 442 g/mol. The Balaban J connectivity index is 1.63. The predicted molar refractivity (Wildman–Crippen MR) is 105 cm³/mol. The average molecular weight is 443 g/mol. The second-order valence-electron chi connectivity index (χ2n) is 8.21. The summed E-state index contributed by atoms with van der Waals surface area (Å²) in [6.45, 7) is 2.03. The fourth-order valence-electron chi connectivity index (χ4n) is 5.84. The molecule has 2 saturated heterocycles. The lowest BCUT2D eigenvalue weighted by Gasteiger charge is -2.40. The van der Waals surface area contributed by atoms with Crippen LogP contribution in [0.2, 0.25) is 0 Å². The number of rotatable bonds is 1. The number of aromatic nitrogens is 1. The van der Waals surface area contributed by atoms with E-state index in [2.05, 4.69) is 27.0 Å². The van der Waals surface area contributed by atoms with Gasteiger partial charge in [-0.2, -0.15) is 0 Å². The fraction of sp³-hybridized carbons (Fsp3) is 0.429. The van der Waals surface area contributed by atoms with Gasteiger partial charge in [-0.25, -0.2) is 4.79 Å². The van der Waals surface area contributed by atoms with E-state index in [9.17, 15) is 9.59 Å². The van der Waals surface area contributed by atoms with Crippen molar-refractivity contribution in [3.05, 3.63) is 47.7 Å². The summed E-state index contributed by atoms with van der Waals surface area (Å²) >= 11 is 3.70. The number of aromatic amines is 1. The molecular weight excluding hydrogens is 424 g/mol. The van der Waals surface area contributed by atoms with Gasteiger partial charge in [0, 0.05) is 28.9 Å². The Labute approximate surface area is 170 Å². The van der Waals surface area contributed by atoms with Gasteiger partial charge >= 0.3 is 5.97 Å². The van der Waals surface area contributed by atoms with Gasteiger partial charge in [-0.1, -0.05) is 25.1 Å². The van der Waals surface area contributed by atoms with Crippen LogP contribution in [0.15, 0.2) is 36.4 Å². The molecule has 5 heterocycles. The molecule has 2 fully saturated rings. The van der Waals surface area contributed by atoms with Crippen molar-refractivity contribution in [1.82, 2.24) is 9.88 Å².